The van der Waals surface area contributed by atoms with Crippen LogP contribution in [0.2, 0.25) is 0 Å². The summed E-state index contributed by atoms with van der Waals surface area (Å²) in [6.07, 6.45) is 4.49. The fourth-order valence-corrected chi connectivity index (χ4v) is 7.25. The fraction of sp³-hybridized carbons (Fsp3) is 0.421. The van der Waals surface area contributed by atoms with Crippen LogP contribution >= 0.6 is 11.3 Å². The minimum absolute atomic E-state index is 0.0210. The zero-order valence-electron chi connectivity index (χ0n) is 30.1. The van der Waals surface area contributed by atoms with Crippen LogP contribution in [0.5, 0.6) is 6.01 Å². The number of hydrogen-bond acceptors (Lipinski definition) is 10. The van der Waals surface area contributed by atoms with Crippen molar-refractivity contribution in [2.24, 2.45) is 0 Å². The third kappa shape index (κ3) is 8.47. The maximum Gasteiger partial charge on any atom is 0.319 e. The molecule has 0 aliphatic carbocycles. The molecule has 9 nitrogen and oxygen atoms in total. The lowest BCUT2D eigenvalue weighted by Gasteiger charge is -2.30. The first-order chi connectivity index (χ1) is 24.9. The highest BCUT2D eigenvalue weighted by Crippen LogP contribution is 2.43. The Labute approximate surface area is 306 Å². The van der Waals surface area contributed by atoms with E-state index < -0.39 is 23.3 Å². The molecule has 1 unspecified atom stereocenters. The van der Waals surface area contributed by atoms with E-state index in [1.165, 1.54) is 18.2 Å². The van der Waals surface area contributed by atoms with Crippen LogP contribution in [0.4, 0.5) is 28.4 Å². The van der Waals surface area contributed by atoms with Crippen LogP contribution in [0.3, 0.4) is 0 Å². The standard InChI is InChI=1S/C36H38F4N8OS.C2H6/c1-5-21(4)44-11-12-45-34-29-28(20(2)3)25(17-42)24(8-6-9-26(37)27-14-22(16-41)33(43)50-27)30(38)31(29)46-35(47-34)49-19-36-10-7-13-48(36)18-23(15-36)32(39)40;1-2/h6,8-9,14,21,44H,2,5,7,10-13,15,18-19,43H2,1,3-4H3,(H,45,46,47);1-2H3/b8-6+,26-9+;/t21-,36?;/m1./s1. The van der Waals surface area contributed by atoms with E-state index in [2.05, 4.69) is 47.1 Å². The molecule has 0 amide bonds. The molecular formula is C38H44F4N8OS. The van der Waals surface area contributed by atoms with Gasteiger partial charge in [0, 0.05) is 42.4 Å². The Bertz CT molecular complexity index is 1990. The average molecular weight is 737 g/mol. The monoisotopic (exact) mass is 736 g/mol. The Morgan fingerprint density at radius 1 is 1.23 bits per heavy atom. The number of nitrogens with one attached hydrogen (secondary N) is 2. The summed E-state index contributed by atoms with van der Waals surface area (Å²) in [4.78, 5) is 11.2. The molecule has 0 bridgehead atoms. The molecule has 1 aromatic carbocycles. The Balaban J connectivity index is 0.00000297. The van der Waals surface area contributed by atoms with Gasteiger partial charge in [0.05, 0.1) is 26.9 Å². The Kier molecular flexibility index (Phi) is 13.6. The van der Waals surface area contributed by atoms with E-state index in [0.717, 1.165) is 30.3 Å². The van der Waals surface area contributed by atoms with Gasteiger partial charge in [-0.2, -0.15) is 29.3 Å². The summed E-state index contributed by atoms with van der Waals surface area (Å²) in [6.45, 7) is 15.6. The number of aromatic nitrogens is 2. The van der Waals surface area contributed by atoms with Gasteiger partial charge >= 0.3 is 6.01 Å². The number of ether oxygens (including phenoxy) is 1. The molecule has 276 valence electrons. The van der Waals surface area contributed by atoms with E-state index in [-0.39, 0.29) is 80.5 Å². The molecule has 52 heavy (non-hydrogen) atoms. The number of nitriles is 2. The Morgan fingerprint density at radius 2 is 1.98 bits per heavy atom. The molecule has 0 saturated carbocycles. The largest absolute Gasteiger partial charge is 0.461 e. The van der Waals surface area contributed by atoms with Crippen molar-refractivity contribution in [1.29, 1.82) is 10.5 Å². The third-order valence-corrected chi connectivity index (χ3v) is 10.2. The summed E-state index contributed by atoms with van der Waals surface area (Å²) in [6, 6.07) is 5.41. The lowest BCUT2D eigenvalue weighted by Crippen LogP contribution is -2.43. The highest BCUT2D eigenvalue weighted by atomic mass is 32.1. The average Bonchev–Trinajstić information content (AvgIpc) is 3.82. The molecule has 2 aliphatic rings. The van der Waals surface area contributed by atoms with Gasteiger partial charge < -0.3 is 21.1 Å². The number of nitrogens with zero attached hydrogens (tertiary/aromatic N) is 5. The second kappa shape index (κ2) is 17.6. The minimum Gasteiger partial charge on any atom is -0.461 e. The number of rotatable bonds is 13. The molecule has 2 atom stereocenters. The topological polar surface area (TPSA) is 136 Å². The molecule has 0 radical (unpaired) electrons. The van der Waals surface area contributed by atoms with Crippen molar-refractivity contribution < 1.29 is 22.3 Å². The molecule has 2 aliphatic heterocycles. The number of anilines is 2. The van der Waals surface area contributed by atoms with Gasteiger partial charge in [0.1, 0.15) is 40.9 Å². The van der Waals surface area contributed by atoms with Gasteiger partial charge in [-0.3, -0.25) is 4.90 Å². The summed E-state index contributed by atoms with van der Waals surface area (Å²) in [5.74, 6) is -1.34. The van der Waals surface area contributed by atoms with Crippen molar-refractivity contribution in [3.8, 4) is 18.1 Å². The van der Waals surface area contributed by atoms with Crippen molar-refractivity contribution in [3.63, 3.8) is 0 Å². The van der Waals surface area contributed by atoms with Crippen molar-refractivity contribution >= 4 is 50.5 Å². The van der Waals surface area contributed by atoms with Gasteiger partial charge in [-0.05, 0) is 63.8 Å². The predicted molar refractivity (Wildman–Crippen MR) is 201 cm³/mol. The zero-order chi connectivity index (χ0) is 38.2. The molecule has 0 spiro atoms. The molecule has 2 aromatic heterocycles. The second-order valence-electron chi connectivity index (χ2n) is 12.6. The fourth-order valence-electron chi connectivity index (χ4n) is 6.45. The van der Waals surface area contributed by atoms with Gasteiger partial charge in [-0.1, -0.05) is 39.5 Å². The van der Waals surface area contributed by atoms with E-state index in [9.17, 15) is 18.4 Å². The maximum atomic E-state index is 16.6. The SMILES string of the molecule is C=C(C)c1c(C#N)c(/C=C/C=C(/F)c2cc(C#N)c(N)s2)c(F)c2nc(OCC34CCCN3CC(=C(F)F)C4)nc(NCCN[C@H](C)CC)c12.CC. The van der Waals surface area contributed by atoms with Crippen molar-refractivity contribution in [2.75, 3.05) is 43.8 Å². The smallest absolute Gasteiger partial charge is 0.319 e. The second-order valence-corrected chi connectivity index (χ2v) is 13.7. The van der Waals surface area contributed by atoms with Crippen LogP contribution in [0, 0.1) is 28.5 Å². The normalized spacial score (nSPS) is 17.8. The molecule has 3 aromatic rings. The number of nitrogens with two attached hydrogens (primary N) is 1. The molecule has 4 N–H and O–H groups in total. The van der Waals surface area contributed by atoms with Gasteiger partial charge in [0.25, 0.3) is 6.08 Å². The highest BCUT2D eigenvalue weighted by molar-refractivity contribution is 7.17. The number of nitrogen functional groups attached to an aromatic ring is 1. The molecule has 14 heteroatoms. The van der Waals surface area contributed by atoms with Gasteiger partial charge in [0.2, 0.25) is 0 Å². The van der Waals surface area contributed by atoms with Crippen LogP contribution in [-0.4, -0.2) is 59.2 Å². The lowest BCUT2D eigenvalue weighted by molar-refractivity contribution is 0.108. The number of halogens is 4. The first kappa shape index (κ1) is 40.0. The van der Waals surface area contributed by atoms with Crippen LogP contribution in [-0.2, 0) is 0 Å². The summed E-state index contributed by atoms with van der Waals surface area (Å²) >= 11 is 0.902. The number of fused-ring (bicyclic) bond motifs is 2. The van der Waals surface area contributed by atoms with Crippen LogP contribution < -0.4 is 21.1 Å². The molecular weight excluding hydrogens is 693 g/mol. The predicted octanol–water partition coefficient (Wildman–Crippen LogP) is 8.81. The van der Waals surface area contributed by atoms with E-state index >= 15 is 4.39 Å². The van der Waals surface area contributed by atoms with Gasteiger partial charge in [0.15, 0.2) is 5.82 Å². The Hall–Kier alpha value is -4.76. The number of allylic oxidation sites excluding steroid dienone is 3. The summed E-state index contributed by atoms with van der Waals surface area (Å²) < 4.78 is 64.9. The van der Waals surface area contributed by atoms with E-state index in [1.54, 1.807) is 6.92 Å². The number of thiophene rings is 1. The third-order valence-electron chi connectivity index (χ3n) is 9.19. The summed E-state index contributed by atoms with van der Waals surface area (Å²) in [7, 11) is 0. The van der Waals surface area contributed by atoms with Crippen LogP contribution in [0.15, 0.2) is 36.5 Å². The van der Waals surface area contributed by atoms with E-state index in [4.69, 9.17) is 15.7 Å². The first-order valence-corrected chi connectivity index (χ1v) is 18.1. The quantitative estimate of drug-likeness (QED) is 0.0894. The van der Waals surface area contributed by atoms with Crippen molar-refractivity contribution in [3.05, 3.63) is 69.4 Å². The summed E-state index contributed by atoms with van der Waals surface area (Å²) in [5, 5.41) is 26.5. The molecule has 2 saturated heterocycles. The number of benzene rings is 1. The molecule has 2 fully saturated rings. The van der Waals surface area contributed by atoms with Crippen LogP contribution in [0.25, 0.3) is 28.4 Å². The first-order valence-electron chi connectivity index (χ1n) is 17.3. The maximum absolute atomic E-state index is 16.6. The molecule has 4 heterocycles. The Morgan fingerprint density at radius 3 is 2.62 bits per heavy atom. The highest BCUT2D eigenvalue weighted by Gasteiger charge is 2.48. The minimum atomic E-state index is -1.68. The summed E-state index contributed by atoms with van der Waals surface area (Å²) in [5.41, 5.74) is 5.76. The van der Waals surface area contributed by atoms with E-state index in [1.807, 2.05) is 24.8 Å². The van der Waals surface area contributed by atoms with Gasteiger partial charge in [-0.25, -0.2) is 8.78 Å². The molecule has 5 rings (SSSR count). The number of hydrogen-bond donors (Lipinski definition) is 3. The van der Waals surface area contributed by atoms with E-state index in [0.29, 0.717) is 37.2 Å². The zero-order valence-corrected chi connectivity index (χ0v) is 30.9. The van der Waals surface area contributed by atoms with Crippen molar-refractivity contribution in [2.45, 2.75) is 71.9 Å². The lowest BCUT2D eigenvalue weighted by atomic mass is 9.92. The van der Waals surface area contributed by atoms with Gasteiger partial charge in [-0.15, -0.1) is 11.3 Å². The van der Waals surface area contributed by atoms with Crippen molar-refractivity contribution in [1.82, 2.24) is 20.2 Å². The van der Waals surface area contributed by atoms with Crippen LogP contribution in [0.1, 0.15) is 87.4 Å².